The van der Waals surface area contributed by atoms with E-state index in [9.17, 15) is 9.90 Å². The molecule has 0 saturated heterocycles. The van der Waals surface area contributed by atoms with E-state index in [1.165, 1.54) is 6.07 Å². The van der Waals surface area contributed by atoms with Crippen molar-refractivity contribution in [3.05, 3.63) is 77.9 Å². The summed E-state index contributed by atoms with van der Waals surface area (Å²) in [5, 5.41) is 16.0. The molecule has 0 aliphatic heterocycles. The summed E-state index contributed by atoms with van der Waals surface area (Å²) in [5.41, 5.74) is 3.91. The molecule has 1 heterocycles. The number of aromatic hydroxyl groups is 1. The number of phenols is 1. The number of anilines is 1. The molecule has 0 bridgehead atoms. The zero-order chi connectivity index (χ0) is 20.4. The van der Waals surface area contributed by atoms with Gasteiger partial charge in [-0.25, -0.2) is 4.98 Å². The maximum atomic E-state index is 12.2. The Morgan fingerprint density at radius 2 is 1.86 bits per heavy atom. The summed E-state index contributed by atoms with van der Waals surface area (Å²) >= 11 is 5.23. The number of rotatable bonds is 3. The highest BCUT2D eigenvalue weighted by Gasteiger charge is 2.14. The van der Waals surface area contributed by atoms with Crippen LogP contribution in [0, 0.1) is 6.92 Å². The molecule has 7 heteroatoms. The van der Waals surface area contributed by atoms with Gasteiger partial charge in [0.15, 0.2) is 10.7 Å². The molecule has 1 amide bonds. The SMILES string of the molecule is Cc1ccc2oc(-c3cc(NC(=S)NC(=O)c4ccccc4)ccc3O)nc2c1. The van der Waals surface area contributed by atoms with E-state index in [-0.39, 0.29) is 16.8 Å². The van der Waals surface area contributed by atoms with Crippen LogP contribution in [0.4, 0.5) is 5.69 Å². The average molecular weight is 403 g/mol. The van der Waals surface area contributed by atoms with Crippen molar-refractivity contribution in [1.29, 1.82) is 0 Å². The van der Waals surface area contributed by atoms with Crippen LogP contribution in [0.25, 0.3) is 22.6 Å². The lowest BCUT2D eigenvalue weighted by molar-refractivity contribution is 0.0977. The van der Waals surface area contributed by atoms with Crippen LogP contribution in [0.2, 0.25) is 0 Å². The first-order chi connectivity index (χ1) is 14.0. The third kappa shape index (κ3) is 4.09. The second-order valence-corrected chi connectivity index (χ2v) is 6.90. The van der Waals surface area contributed by atoms with E-state index in [1.807, 2.05) is 31.2 Å². The van der Waals surface area contributed by atoms with Gasteiger partial charge in [-0.3, -0.25) is 10.1 Å². The van der Waals surface area contributed by atoms with Crippen molar-refractivity contribution in [3.8, 4) is 17.2 Å². The van der Waals surface area contributed by atoms with Gasteiger partial charge in [0.2, 0.25) is 5.89 Å². The van der Waals surface area contributed by atoms with Crippen LogP contribution in [-0.2, 0) is 0 Å². The Hall–Kier alpha value is -3.71. The van der Waals surface area contributed by atoms with Gasteiger partial charge in [-0.15, -0.1) is 0 Å². The van der Waals surface area contributed by atoms with Gasteiger partial charge in [0.05, 0.1) is 5.56 Å². The Morgan fingerprint density at radius 1 is 1.07 bits per heavy atom. The Balaban J connectivity index is 1.54. The highest BCUT2D eigenvalue weighted by Crippen LogP contribution is 2.33. The fourth-order valence-corrected chi connectivity index (χ4v) is 3.08. The number of aromatic nitrogens is 1. The van der Waals surface area contributed by atoms with E-state index in [4.69, 9.17) is 16.6 Å². The molecule has 6 nitrogen and oxygen atoms in total. The summed E-state index contributed by atoms with van der Waals surface area (Å²) in [5.74, 6) is 0.0143. The fourth-order valence-electron chi connectivity index (χ4n) is 2.86. The minimum Gasteiger partial charge on any atom is -0.507 e. The number of carbonyl (C=O) groups is 1. The van der Waals surface area contributed by atoms with E-state index >= 15 is 0 Å². The maximum Gasteiger partial charge on any atom is 0.257 e. The predicted octanol–water partition coefficient (Wildman–Crippen LogP) is 4.64. The Bertz CT molecular complexity index is 1220. The lowest BCUT2D eigenvalue weighted by atomic mass is 10.1. The number of nitrogens with one attached hydrogen (secondary N) is 2. The zero-order valence-corrected chi connectivity index (χ0v) is 16.3. The summed E-state index contributed by atoms with van der Waals surface area (Å²) in [6.07, 6.45) is 0. The number of benzene rings is 3. The Labute approximate surface area is 172 Å². The van der Waals surface area contributed by atoms with Gasteiger partial charge in [0.1, 0.15) is 11.3 Å². The number of carbonyl (C=O) groups excluding carboxylic acids is 1. The summed E-state index contributed by atoms with van der Waals surface area (Å²) in [6, 6.07) is 19.3. The highest BCUT2D eigenvalue weighted by molar-refractivity contribution is 7.80. The number of nitrogens with zero attached hydrogens (tertiary/aromatic N) is 1. The molecule has 1 aromatic heterocycles. The van der Waals surface area contributed by atoms with Crippen LogP contribution in [0.15, 0.2) is 71.1 Å². The first-order valence-corrected chi connectivity index (χ1v) is 9.28. The molecule has 3 N–H and O–H groups in total. The summed E-state index contributed by atoms with van der Waals surface area (Å²) in [6.45, 7) is 1.97. The number of fused-ring (bicyclic) bond motifs is 1. The van der Waals surface area contributed by atoms with Gasteiger partial charge >= 0.3 is 0 Å². The topological polar surface area (TPSA) is 87.4 Å². The number of oxazole rings is 1. The lowest BCUT2D eigenvalue weighted by Gasteiger charge is -2.11. The third-order valence-corrected chi connectivity index (χ3v) is 4.50. The fraction of sp³-hybridized carbons (Fsp3) is 0.0455. The molecule has 29 heavy (non-hydrogen) atoms. The number of phenolic OH excluding ortho intramolecular Hbond substituents is 1. The molecule has 0 atom stereocenters. The minimum atomic E-state index is -0.309. The zero-order valence-electron chi connectivity index (χ0n) is 15.5. The van der Waals surface area contributed by atoms with Crippen molar-refractivity contribution >= 4 is 40.0 Å². The van der Waals surface area contributed by atoms with Gasteiger partial charge in [-0.2, -0.15) is 0 Å². The molecule has 0 spiro atoms. The molecule has 4 rings (SSSR count). The second-order valence-electron chi connectivity index (χ2n) is 6.50. The molecule has 144 valence electrons. The highest BCUT2D eigenvalue weighted by atomic mass is 32.1. The molecule has 4 aromatic rings. The van der Waals surface area contributed by atoms with Crippen molar-refractivity contribution in [3.63, 3.8) is 0 Å². The minimum absolute atomic E-state index is 0.0260. The molecule has 0 fully saturated rings. The van der Waals surface area contributed by atoms with Gasteiger partial charge < -0.3 is 14.8 Å². The number of hydrogen-bond acceptors (Lipinski definition) is 5. The molecule has 0 unspecified atom stereocenters. The van der Waals surface area contributed by atoms with Crippen LogP contribution >= 0.6 is 12.2 Å². The van der Waals surface area contributed by atoms with Gasteiger partial charge in [-0.05, 0) is 67.2 Å². The Morgan fingerprint density at radius 3 is 2.66 bits per heavy atom. The summed E-state index contributed by atoms with van der Waals surface area (Å²) in [7, 11) is 0. The van der Waals surface area contributed by atoms with Crippen molar-refractivity contribution in [2.45, 2.75) is 6.92 Å². The monoisotopic (exact) mass is 403 g/mol. The van der Waals surface area contributed by atoms with E-state index in [1.54, 1.807) is 36.4 Å². The van der Waals surface area contributed by atoms with Crippen LogP contribution in [0.5, 0.6) is 5.75 Å². The van der Waals surface area contributed by atoms with Gasteiger partial charge in [-0.1, -0.05) is 24.3 Å². The quantitative estimate of drug-likeness (QED) is 0.341. The first kappa shape index (κ1) is 18.6. The van der Waals surface area contributed by atoms with E-state index in [2.05, 4.69) is 15.6 Å². The molecule has 3 aromatic carbocycles. The molecule has 0 aliphatic rings. The standard InChI is InChI=1S/C22H17N3O3S/c1-13-7-10-19-17(11-13)24-21(28-19)16-12-15(8-9-18(16)26)23-22(29)25-20(27)14-5-3-2-4-6-14/h2-12,26H,1H3,(H2,23,25,27,29). The summed E-state index contributed by atoms with van der Waals surface area (Å²) in [4.78, 5) is 16.7. The van der Waals surface area contributed by atoms with Gasteiger partial charge in [0, 0.05) is 11.3 Å². The van der Waals surface area contributed by atoms with Crippen LogP contribution in [0.3, 0.4) is 0 Å². The van der Waals surface area contributed by atoms with E-state index in [0.29, 0.717) is 33.8 Å². The van der Waals surface area contributed by atoms with Crippen molar-refractivity contribution in [2.24, 2.45) is 0 Å². The van der Waals surface area contributed by atoms with E-state index in [0.717, 1.165) is 5.56 Å². The second kappa shape index (κ2) is 7.73. The van der Waals surface area contributed by atoms with E-state index < -0.39 is 0 Å². The number of thiocarbonyl (C=S) groups is 1. The number of hydrogen-bond donors (Lipinski definition) is 3. The first-order valence-electron chi connectivity index (χ1n) is 8.87. The van der Waals surface area contributed by atoms with Crippen LogP contribution in [-0.4, -0.2) is 21.1 Å². The number of aryl methyl sites for hydroxylation is 1. The predicted molar refractivity (Wildman–Crippen MR) is 116 cm³/mol. The molecule has 0 saturated carbocycles. The molecule has 0 radical (unpaired) electrons. The smallest absolute Gasteiger partial charge is 0.257 e. The average Bonchev–Trinajstić information content (AvgIpc) is 3.13. The third-order valence-electron chi connectivity index (χ3n) is 4.29. The van der Waals surface area contributed by atoms with Crippen molar-refractivity contribution in [2.75, 3.05) is 5.32 Å². The Kier molecular flexibility index (Phi) is 4.97. The summed E-state index contributed by atoms with van der Waals surface area (Å²) < 4.78 is 5.77. The molecular weight excluding hydrogens is 386 g/mol. The normalized spacial score (nSPS) is 10.7. The largest absolute Gasteiger partial charge is 0.507 e. The van der Waals surface area contributed by atoms with Crippen molar-refractivity contribution < 1.29 is 14.3 Å². The van der Waals surface area contributed by atoms with Gasteiger partial charge in [0.25, 0.3) is 5.91 Å². The molecule has 0 aliphatic carbocycles. The maximum absolute atomic E-state index is 12.2. The van der Waals surface area contributed by atoms with Crippen molar-refractivity contribution in [1.82, 2.24) is 10.3 Å². The van der Waals surface area contributed by atoms with Crippen LogP contribution < -0.4 is 10.6 Å². The number of amides is 1. The van der Waals surface area contributed by atoms with Crippen LogP contribution in [0.1, 0.15) is 15.9 Å². The molecular formula is C22H17N3O3S. The lowest BCUT2D eigenvalue weighted by Crippen LogP contribution is -2.34.